The predicted octanol–water partition coefficient (Wildman–Crippen LogP) is 2.61. The first-order valence-electron chi connectivity index (χ1n) is 5.86. The molecule has 0 aromatic carbocycles. The smallest absolute Gasteiger partial charge is 0.237 e. The van der Waals surface area contributed by atoms with E-state index in [9.17, 15) is 4.79 Å². The number of rotatable bonds is 5. The molecule has 0 spiro atoms. The van der Waals surface area contributed by atoms with Gasteiger partial charge in [0.15, 0.2) is 0 Å². The van der Waals surface area contributed by atoms with Crippen molar-refractivity contribution in [2.75, 3.05) is 5.88 Å². The summed E-state index contributed by atoms with van der Waals surface area (Å²) in [6, 6.07) is 0. The van der Waals surface area contributed by atoms with E-state index in [-0.39, 0.29) is 24.2 Å². The van der Waals surface area contributed by atoms with Gasteiger partial charge < -0.3 is 0 Å². The molecular weight excluding hydrogens is 247 g/mol. The Morgan fingerprint density at radius 3 is 2.50 bits per heavy atom. The molecule has 0 aromatic heterocycles. The van der Waals surface area contributed by atoms with Gasteiger partial charge in [0.05, 0.1) is 0 Å². The number of nitrogens with one attached hydrogen (secondary N) is 1. The van der Waals surface area contributed by atoms with Gasteiger partial charge in [-0.15, -0.1) is 24.0 Å². The Hall–Kier alpha value is 0.01000. The van der Waals surface area contributed by atoms with Gasteiger partial charge in [0.1, 0.15) is 0 Å². The monoisotopic (exact) mass is 268 g/mol. The van der Waals surface area contributed by atoms with E-state index < -0.39 is 0 Å². The Morgan fingerprint density at radius 2 is 2.00 bits per heavy atom. The molecule has 1 aliphatic carbocycles. The Kier molecular flexibility index (Phi) is 9.09. The topological polar surface area (TPSA) is 55.1 Å². The van der Waals surface area contributed by atoms with Gasteiger partial charge in [-0.05, 0) is 31.6 Å². The lowest BCUT2D eigenvalue weighted by atomic mass is 9.78. The molecule has 1 atom stereocenters. The van der Waals surface area contributed by atoms with Crippen molar-refractivity contribution >= 4 is 29.9 Å². The fourth-order valence-corrected chi connectivity index (χ4v) is 2.68. The van der Waals surface area contributed by atoms with E-state index in [0.29, 0.717) is 11.8 Å². The Labute approximate surface area is 109 Å². The number of halogens is 2. The van der Waals surface area contributed by atoms with E-state index >= 15 is 0 Å². The highest BCUT2D eigenvalue weighted by Crippen LogP contribution is 2.32. The van der Waals surface area contributed by atoms with Gasteiger partial charge in [-0.25, -0.2) is 5.84 Å². The maximum absolute atomic E-state index is 11.6. The van der Waals surface area contributed by atoms with Crippen LogP contribution in [-0.4, -0.2) is 11.8 Å². The minimum atomic E-state index is -0.00739. The average molecular weight is 269 g/mol. The van der Waals surface area contributed by atoms with Crippen LogP contribution in [-0.2, 0) is 4.79 Å². The predicted molar refractivity (Wildman–Crippen MR) is 69.6 cm³/mol. The van der Waals surface area contributed by atoms with Crippen molar-refractivity contribution in [2.45, 2.75) is 44.9 Å². The van der Waals surface area contributed by atoms with Crippen LogP contribution in [0.3, 0.4) is 0 Å². The Balaban J connectivity index is 0.00000225. The number of carbonyl (C=O) groups is 1. The van der Waals surface area contributed by atoms with Crippen LogP contribution in [0.1, 0.15) is 44.9 Å². The second-order valence-electron chi connectivity index (χ2n) is 4.34. The number of hydrazine groups is 1. The fraction of sp³-hybridized carbons (Fsp3) is 0.909. The fourth-order valence-electron chi connectivity index (χ4n) is 2.52. The highest BCUT2D eigenvalue weighted by molar-refractivity contribution is 6.17. The van der Waals surface area contributed by atoms with E-state index in [0.717, 1.165) is 12.8 Å². The molecule has 0 heterocycles. The molecule has 0 radical (unpaired) electrons. The van der Waals surface area contributed by atoms with E-state index in [1.807, 2.05) is 0 Å². The van der Waals surface area contributed by atoms with Crippen molar-refractivity contribution < 1.29 is 4.79 Å². The number of amides is 1. The van der Waals surface area contributed by atoms with Crippen molar-refractivity contribution in [1.29, 1.82) is 0 Å². The third kappa shape index (κ3) is 4.89. The van der Waals surface area contributed by atoms with E-state index in [1.165, 1.54) is 32.1 Å². The van der Waals surface area contributed by atoms with Crippen molar-refractivity contribution in [3.8, 4) is 0 Å². The number of hydrogen-bond donors (Lipinski definition) is 2. The maximum Gasteiger partial charge on any atom is 0.237 e. The number of alkyl halides is 1. The third-order valence-electron chi connectivity index (χ3n) is 3.35. The number of nitrogens with two attached hydrogens (primary N) is 1. The lowest BCUT2D eigenvalue weighted by Crippen LogP contribution is -2.39. The first-order chi connectivity index (χ1) is 7.29. The lowest BCUT2D eigenvalue weighted by Gasteiger charge is -2.28. The van der Waals surface area contributed by atoms with E-state index in [2.05, 4.69) is 5.43 Å². The second kappa shape index (κ2) is 9.08. The molecule has 3 N–H and O–H groups in total. The molecule has 0 aliphatic heterocycles. The van der Waals surface area contributed by atoms with Gasteiger partial charge in [-0.1, -0.05) is 19.3 Å². The molecule has 1 saturated carbocycles. The highest BCUT2D eigenvalue weighted by atomic mass is 35.5. The summed E-state index contributed by atoms with van der Waals surface area (Å²) in [7, 11) is 0. The van der Waals surface area contributed by atoms with E-state index in [1.54, 1.807) is 0 Å². The highest BCUT2D eigenvalue weighted by Gasteiger charge is 2.28. The second-order valence-corrected chi connectivity index (χ2v) is 4.72. The van der Waals surface area contributed by atoms with Gasteiger partial charge in [-0.3, -0.25) is 10.2 Å². The minimum absolute atomic E-state index is 0. The van der Waals surface area contributed by atoms with Gasteiger partial charge in [0, 0.05) is 11.8 Å². The molecule has 5 heteroatoms. The molecule has 1 unspecified atom stereocenters. The third-order valence-corrected chi connectivity index (χ3v) is 3.61. The van der Waals surface area contributed by atoms with Crippen molar-refractivity contribution in [3.63, 3.8) is 0 Å². The lowest BCUT2D eigenvalue weighted by molar-refractivity contribution is -0.127. The number of hydrogen-bond acceptors (Lipinski definition) is 2. The molecule has 1 amide bonds. The maximum atomic E-state index is 11.6. The summed E-state index contributed by atoms with van der Waals surface area (Å²) >= 11 is 5.67. The quantitative estimate of drug-likeness (QED) is 0.349. The van der Waals surface area contributed by atoms with Crippen LogP contribution >= 0.6 is 24.0 Å². The first kappa shape index (κ1) is 16.0. The van der Waals surface area contributed by atoms with Gasteiger partial charge >= 0.3 is 0 Å². The summed E-state index contributed by atoms with van der Waals surface area (Å²) in [6.07, 6.45) is 7.91. The zero-order valence-corrected chi connectivity index (χ0v) is 11.2. The standard InChI is InChI=1S/C11H21ClN2O.ClH/c12-8-4-7-10(11(15)14-13)9-5-2-1-3-6-9;/h9-10H,1-8,13H2,(H,14,15);1H. The van der Waals surface area contributed by atoms with Crippen molar-refractivity contribution in [2.24, 2.45) is 17.7 Å². The van der Waals surface area contributed by atoms with Gasteiger partial charge in [0.2, 0.25) is 5.91 Å². The molecular formula is C11H22Cl2N2O. The zero-order valence-electron chi connectivity index (χ0n) is 9.58. The molecule has 1 fully saturated rings. The van der Waals surface area contributed by atoms with Crippen LogP contribution in [0.4, 0.5) is 0 Å². The van der Waals surface area contributed by atoms with Gasteiger partial charge in [0.25, 0.3) is 0 Å². The van der Waals surface area contributed by atoms with E-state index in [4.69, 9.17) is 17.4 Å². The van der Waals surface area contributed by atoms with Crippen LogP contribution in [0.2, 0.25) is 0 Å². The summed E-state index contributed by atoms with van der Waals surface area (Å²) in [5, 5.41) is 0. The van der Waals surface area contributed by atoms with Crippen LogP contribution in [0.25, 0.3) is 0 Å². The van der Waals surface area contributed by atoms with Crippen LogP contribution in [0, 0.1) is 11.8 Å². The molecule has 96 valence electrons. The molecule has 0 aromatic rings. The zero-order chi connectivity index (χ0) is 11.1. The van der Waals surface area contributed by atoms with Crippen molar-refractivity contribution in [3.05, 3.63) is 0 Å². The molecule has 0 saturated heterocycles. The minimum Gasteiger partial charge on any atom is -0.294 e. The SMILES string of the molecule is Cl.NNC(=O)C(CCCCl)C1CCCCC1. The summed E-state index contributed by atoms with van der Waals surface area (Å²) < 4.78 is 0. The molecule has 1 aliphatic rings. The molecule has 1 rings (SSSR count). The Bertz CT molecular complexity index is 196. The van der Waals surface area contributed by atoms with Crippen LogP contribution in [0.5, 0.6) is 0 Å². The average Bonchev–Trinajstić information content (AvgIpc) is 2.30. The van der Waals surface area contributed by atoms with Crippen LogP contribution in [0.15, 0.2) is 0 Å². The van der Waals surface area contributed by atoms with Gasteiger partial charge in [-0.2, -0.15) is 0 Å². The van der Waals surface area contributed by atoms with Crippen molar-refractivity contribution in [1.82, 2.24) is 5.43 Å². The summed E-state index contributed by atoms with van der Waals surface area (Å²) in [5.41, 5.74) is 2.29. The molecule has 3 nitrogen and oxygen atoms in total. The number of carbonyl (C=O) groups excluding carboxylic acids is 1. The molecule has 16 heavy (non-hydrogen) atoms. The summed E-state index contributed by atoms with van der Waals surface area (Å²) in [6.45, 7) is 0. The largest absolute Gasteiger partial charge is 0.294 e. The normalized spacial score (nSPS) is 18.6. The summed E-state index contributed by atoms with van der Waals surface area (Å²) in [5.74, 6) is 6.43. The molecule has 0 bridgehead atoms. The Morgan fingerprint density at radius 1 is 1.38 bits per heavy atom. The first-order valence-corrected chi connectivity index (χ1v) is 6.39. The van der Waals surface area contributed by atoms with Crippen LogP contribution < -0.4 is 11.3 Å². The summed E-state index contributed by atoms with van der Waals surface area (Å²) in [4.78, 5) is 11.6.